The van der Waals surface area contributed by atoms with Crippen LogP contribution >= 0.6 is 0 Å². The Bertz CT molecular complexity index is 1030. The fraction of sp³-hybridized carbons (Fsp3) is 0.231. The first kappa shape index (κ1) is 19.1. The zero-order valence-corrected chi connectivity index (χ0v) is 17.0. The minimum absolute atomic E-state index is 0.135. The summed E-state index contributed by atoms with van der Waals surface area (Å²) in [6.45, 7) is 4.21. The molecule has 0 fully saturated rings. The Morgan fingerprint density at radius 1 is 0.931 bits per heavy atom. The largest absolute Gasteiger partial charge is 0.300 e. The minimum atomic E-state index is -0.533. The van der Waals surface area contributed by atoms with Crippen molar-refractivity contribution in [1.82, 2.24) is 0 Å². The molecule has 0 bridgehead atoms. The lowest BCUT2D eigenvalue weighted by atomic mass is 9.83. The zero-order valence-electron chi connectivity index (χ0n) is 17.0. The second-order valence-electron chi connectivity index (χ2n) is 7.71. The van der Waals surface area contributed by atoms with Gasteiger partial charge < -0.3 is 0 Å². The number of nitrogens with zero attached hydrogens (tertiary/aromatic N) is 2. The molecular weight excluding hydrogens is 356 g/mol. The molecule has 3 aromatic rings. The van der Waals surface area contributed by atoms with Gasteiger partial charge in [-0.3, -0.25) is 14.7 Å². The standard InChI is InChI=1S/C26H26N2O/c1-3-12-25(29)28-24-18-11-10-17-22(24)27-23(20-13-6-4-7-14-20)19-26(28,2)21-15-8-5-9-16-21/h4-11,13-18H,3,12,19H2,1-2H3. The molecule has 0 saturated carbocycles. The van der Waals surface area contributed by atoms with Gasteiger partial charge in [-0.15, -0.1) is 0 Å². The van der Waals surface area contributed by atoms with Crippen LogP contribution in [0.1, 0.15) is 44.2 Å². The summed E-state index contributed by atoms with van der Waals surface area (Å²) in [6.07, 6.45) is 1.97. The first-order valence-corrected chi connectivity index (χ1v) is 10.2. The number of carbonyl (C=O) groups is 1. The highest BCUT2D eigenvalue weighted by atomic mass is 16.2. The van der Waals surface area contributed by atoms with Gasteiger partial charge in [0.2, 0.25) is 5.91 Å². The third kappa shape index (κ3) is 3.61. The molecule has 3 aromatic carbocycles. The molecule has 0 aromatic heterocycles. The van der Waals surface area contributed by atoms with Crippen molar-refractivity contribution in [3.63, 3.8) is 0 Å². The van der Waals surface area contributed by atoms with Crippen molar-refractivity contribution >= 4 is 23.0 Å². The van der Waals surface area contributed by atoms with Gasteiger partial charge in [-0.1, -0.05) is 79.7 Å². The third-order valence-electron chi connectivity index (χ3n) is 5.60. The van der Waals surface area contributed by atoms with E-state index >= 15 is 0 Å². The molecule has 4 rings (SSSR count). The quantitative estimate of drug-likeness (QED) is 0.524. The van der Waals surface area contributed by atoms with Crippen molar-refractivity contribution in [2.45, 2.75) is 38.6 Å². The van der Waals surface area contributed by atoms with Gasteiger partial charge in [-0.2, -0.15) is 0 Å². The maximum Gasteiger partial charge on any atom is 0.227 e. The van der Waals surface area contributed by atoms with Crippen LogP contribution in [0.4, 0.5) is 11.4 Å². The molecule has 3 nitrogen and oxygen atoms in total. The molecule has 1 atom stereocenters. The van der Waals surface area contributed by atoms with E-state index < -0.39 is 5.54 Å². The number of carbonyl (C=O) groups excluding carboxylic acids is 1. The molecule has 1 aliphatic rings. The number of hydrogen-bond acceptors (Lipinski definition) is 2. The van der Waals surface area contributed by atoms with Crippen LogP contribution in [0.3, 0.4) is 0 Å². The molecule has 146 valence electrons. The van der Waals surface area contributed by atoms with Gasteiger partial charge in [0, 0.05) is 12.8 Å². The van der Waals surface area contributed by atoms with E-state index in [1.807, 2.05) is 72.5 Å². The molecule has 1 unspecified atom stereocenters. The van der Waals surface area contributed by atoms with Gasteiger partial charge in [0.25, 0.3) is 0 Å². The van der Waals surface area contributed by atoms with Crippen molar-refractivity contribution in [1.29, 1.82) is 0 Å². The van der Waals surface area contributed by atoms with Crippen LogP contribution in [0.5, 0.6) is 0 Å². The summed E-state index contributed by atoms with van der Waals surface area (Å²) in [4.78, 5) is 20.5. The average molecular weight is 383 g/mol. The molecule has 1 amide bonds. The van der Waals surface area contributed by atoms with Crippen LogP contribution in [0.15, 0.2) is 89.9 Å². The van der Waals surface area contributed by atoms with Crippen molar-refractivity contribution in [3.05, 3.63) is 96.1 Å². The van der Waals surface area contributed by atoms with E-state index in [1.165, 1.54) is 0 Å². The maximum atomic E-state index is 13.4. The first-order chi connectivity index (χ1) is 14.1. The smallest absolute Gasteiger partial charge is 0.227 e. The Labute approximate surface area is 172 Å². The summed E-state index contributed by atoms with van der Waals surface area (Å²) in [7, 11) is 0. The van der Waals surface area contributed by atoms with Gasteiger partial charge in [0.1, 0.15) is 0 Å². The molecule has 29 heavy (non-hydrogen) atoms. The number of anilines is 1. The van der Waals surface area contributed by atoms with Crippen molar-refractivity contribution in [3.8, 4) is 0 Å². The highest BCUT2D eigenvalue weighted by Crippen LogP contribution is 2.44. The van der Waals surface area contributed by atoms with Gasteiger partial charge in [0.05, 0.1) is 22.6 Å². The Balaban J connectivity index is 1.96. The fourth-order valence-corrected chi connectivity index (χ4v) is 4.16. The monoisotopic (exact) mass is 382 g/mol. The fourth-order valence-electron chi connectivity index (χ4n) is 4.16. The molecular formula is C26H26N2O. The predicted molar refractivity (Wildman–Crippen MR) is 120 cm³/mol. The molecule has 0 N–H and O–H groups in total. The first-order valence-electron chi connectivity index (χ1n) is 10.2. The number of benzene rings is 3. The van der Waals surface area contributed by atoms with Gasteiger partial charge in [-0.25, -0.2) is 0 Å². The summed E-state index contributed by atoms with van der Waals surface area (Å²) >= 11 is 0. The van der Waals surface area contributed by atoms with Crippen molar-refractivity contribution in [2.24, 2.45) is 4.99 Å². The van der Waals surface area contributed by atoms with E-state index in [1.54, 1.807) is 0 Å². The Morgan fingerprint density at radius 2 is 1.55 bits per heavy atom. The van der Waals surface area contributed by atoms with Gasteiger partial charge >= 0.3 is 0 Å². The van der Waals surface area contributed by atoms with Crippen LogP contribution < -0.4 is 4.90 Å². The molecule has 3 heteroatoms. The highest BCUT2D eigenvalue weighted by molar-refractivity contribution is 6.08. The lowest BCUT2D eigenvalue weighted by Crippen LogP contribution is -2.48. The van der Waals surface area contributed by atoms with E-state index in [0.29, 0.717) is 12.8 Å². The van der Waals surface area contributed by atoms with Crippen LogP contribution in [-0.4, -0.2) is 11.6 Å². The number of aliphatic imine (C=N–C) groups is 1. The SMILES string of the molecule is CCCC(=O)N1c2ccccc2N=C(c2ccccc2)CC1(C)c1ccccc1. The topological polar surface area (TPSA) is 32.7 Å². The molecule has 1 aliphatic heterocycles. The van der Waals surface area contributed by atoms with E-state index in [4.69, 9.17) is 4.99 Å². The lowest BCUT2D eigenvalue weighted by molar-refractivity contribution is -0.119. The van der Waals surface area contributed by atoms with Crippen LogP contribution in [0.2, 0.25) is 0 Å². The average Bonchev–Trinajstić information content (AvgIpc) is 2.89. The van der Waals surface area contributed by atoms with Gasteiger partial charge in [0.15, 0.2) is 0 Å². The molecule has 1 heterocycles. The number of hydrogen-bond donors (Lipinski definition) is 0. The van der Waals surface area contributed by atoms with E-state index in [9.17, 15) is 4.79 Å². The highest BCUT2D eigenvalue weighted by Gasteiger charge is 2.41. The summed E-state index contributed by atoms with van der Waals surface area (Å²) in [6, 6.07) is 28.6. The van der Waals surface area contributed by atoms with E-state index in [0.717, 1.165) is 34.6 Å². The summed E-state index contributed by atoms with van der Waals surface area (Å²) in [5, 5.41) is 0. The van der Waals surface area contributed by atoms with Crippen molar-refractivity contribution < 1.29 is 4.79 Å². The summed E-state index contributed by atoms with van der Waals surface area (Å²) in [5.74, 6) is 0.135. The number of para-hydroxylation sites is 2. The molecule has 0 radical (unpaired) electrons. The molecule has 0 saturated heterocycles. The van der Waals surface area contributed by atoms with Crippen LogP contribution in [0.25, 0.3) is 0 Å². The van der Waals surface area contributed by atoms with E-state index in [-0.39, 0.29) is 5.91 Å². The maximum absolute atomic E-state index is 13.4. The second kappa shape index (κ2) is 8.04. The Hall–Kier alpha value is -3.20. The van der Waals surface area contributed by atoms with Crippen molar-refractivity contribution in [2.75, 3.05) is 4.90 Å². The van der Waals surface area contributed by atoms with Crippen LogP contribution in [-0.2, 0) is 10.3 Å². The van der Waals surface area contributed by atoms with E-state index in [2.05, 4.69) is 31.2 Å². The predicted octanol–water partition coefficient (Wildman–Crippen LogP) is 6.26. The molecule has 0 aliphatic carbocycles. The second-order valence-corrected chi connectivity index (χ2v) is 7.71. The number of amides is 1. The summed E-state index contributed by atoms with van der Waals surface area (Å²) in [5.41, 5.74) is 4.39. The lowest BCUT2D eigenvalue weighted by Gasteiger charge is -2.41. The number of fused-ring (bicyclic) bond motifs is 1. The zero-order chi connectivity index (χ0) is 20.3. The number of rotatable bonds is 4. The molecule has 0 spiro atoms. The summed E-state index contributed by atoms with van der Waals surface area (Å²) < 4.78 is 0. The minimum Gasteiger partial charge on any atom is -0.300 e. The Kier molecular flexibility index (Phi) is 5.30. The van der Waals surface area contributed by atoms with Crippen LogP contribution in [0, 0.1) is 0 Å². The third-order valence-corrected chi connectivity index (χ3v) is 5.60. The normalized spacial score (nSPS) is 18.6. The Morgan fingerprint density at radius 3 is 2.24 bits per heavy atom. The van der Waals surface area contributed by atoms with Gasteiger partial charge in [-0.05, 0) is 36.6 Å².